The third-order valence-corrected chi connectivity index (χ3v) is 1.55. The van der Waals surface area contributed by atoms with E-state index in [0.717, 1.165) is 17.2 Å². The molecule has 1 heterocycles. The van der Waals surface area contributed by atoms with Crippen molar-refractivity contribution in [1.82, 2.24) is 4.98 Å². The number of hydrogen-bond acceptors (Lipinski definition) is 3. The molecule has 1 aromatic rings. The number of pyridine rings is 1. The van der Waals surface area contributed by atoms with Gasteiger partial charge in [-0.3, -0.25) is 4.98 Å². The lowest BCUT2D eigenvalue weighted by molar-refractivity contribution is 0.308. The monoisotopic (exact) mass is 167 g/mol. The molecule has 1 rings (SSSR count). The van der Waals surface area contributed by atoms with E-state index in [4.69, 9.17) is 9.47 Å². The molecule has 0 aromatic carbocycles. The highest BCUT2D eigenvalue weighted by atomic mass is 16.5. The predicted octanol–water partition coefficient (Wildman–Crippen LogP) is 1.80. The van der Waals surface area contributed by atoms with Gasteiger partial charge in [0.05, 0.1) is 19.4 Å². The standard InChI is InChI=1S/C9H13NO2/c1-4-12-8-5-6-10-7(2)9(8)11-3/h5-6H,4H2,1-3H3. The van der Waals surface area contributed by atoms with Gasteiger partial charge in [0, 0.05) is 12.3 Å². The first-order chi connectivity index (χ1) is 5.79. The average molecular weight is 167 g/mol. The molecule has 0 atom stereocenters. The molecule has 0 spiro atoms. The molecule has 0 bridgehead atoms. The topological polar surface area (TPSA) is 31.4 Å². The van der Waals surface area contributed by atoms with Crippen LogP contribution in [0.1, 0.15) is 12.6 Å². The predicted molar refractivity (Wildman–Crippen MR) is 46.7 cm³/mol. The van der Waals surface area contributed by atoms with Crippen LogP contribution in [0.4, 0.5) is 0 Å². The van der Waals surface area contributed by atoms with Crippen molar-refractivity contribution in [2.45, 2.75) is 13.8 Å². The number of hydrogen-bond donors (Lipinski definition) is 0. The van der Waals surface area contributed by atoms with Crippen LogP contribution in [0.2, 0.25) is 0 Å². The maximum atomic E-state index is 5.34. The highest BCUT2D eigenvalue weighted by Gasteiger charge is 2.06. The van der Waals surface area contributed by atoms with E-state index in [0.29, 0.717) is 6.61 Å². The average Bonchev–Trinajstić information content (AvgIpc) is 2.05. The van der Waals surface area contributed by atoms with Crippen molar-refractivity contribution in [2.75, 3.05) is 13.7 Å². The van der Waals surface area contributed by atoms with E-state index in [1.807, 2.05) is 13.8 Å². The second-order valence-corrected chi connectivity index (χ2v) is 2.36. The second-order valence-electron chi connectivity index (χ2n) is 2.36. The zero-order valence-electron chi connectivity index (χ0n) is 7.63. The molecular weight excluding hydrogens is 154 g/mol. The summed E-state index contributed by atoms with van der Waals surface area (Å²) >= 11 is 0. The molecule has 0 aliphatic rings. The number of methoxy groups -OCH3 is 1. The smallest absolute Gasteiger partial charge is 0.182 e. The molecule has 0 aliphatic heterocycles. The number of nitrogens with zero attached hydrogens (tertiary/aromatic N) is 1. The minimum Gasteiger partial charge on any atom is -0.491 e. The largest absolute Gasteiger partial charge is 0.491 e. The van der Waals surface area contributed by atoms with Crippen molar-refractivity contribution >= 4 is 0 Å². The quantitative estimate of drug-likeness (QED) is 0.687. The van der Waals surface area contributed by atoms with Crippen LogP contribution >= 0.6 is 0 Å². The summed E-state index contributed by atoms with van der Waals surface area (Å²) in [7, 11) is 1.62. The lowest BCUT2D eigenvalue weighted by atomic mass is 10.3. The number of aromatic nitrogens is 1. The summed E-state index contributed by atoms with van der Waals surface area (Å²) in [6, 6.07) is 1.80. The van der Waals surface area contributed by atoms with Crippen molar-refractivity contribution in [3.63, 3.8) is 0 Å². The number of aryl methyl sites for hydroxylation is 1. The van der Waals surface area contributed by atoms with Gasteiger partial charge in [0.2, 0.25) is 0 Å². The summed E-state index contributed by atoms with van der Waals surface area (Å²) in [6.07, 6.45) is 1.71. The Morgan fingerprint density at radius 3 is 2.83 bits per heavy atom. The van der Waals surface area contributed by atoms with Crippen LogP contribution in [0, 0.1) is 6.92 Å². The Kier molecular flexibility index (Phi) is 2.91. The van der Waals surface area contributed by atoms with Crippen LogP contribution < -0.4 is 9.47 Å². The second kappa shape index (κ2) is 3.95. The molecule has 0 saturated heterocycles. The third kappa shape index (κ3) is 1.67. The van der Waals surface area contributed by atoms with Gasteiger partial charge in [-0.2, -0.15) is 0 Å². The SMILES string of the molecule is CCOc1ccnc(C)c1OC. The van der Waals surface area contributed by atoms with Gasteiger partial charge in [-0.05, 0) is 13.8 Å². The molecule has 3 nitrogen and oxygen atoms in total. The Balaban J connectivity index is 3.00. The van der Waals surface area contributed by atoms with Crippen LogP contribution in [0.25, 0.3) is 0 Å². The maximum absolute atomic E-state index is 5.34. The van der Waals surface area contributed by atoms with Crippen molar-refractivity contribution < 1.29 is 9.47 Å². The number of rotatable bonds is 3. The fourth-order valence-electron chi connectivity index (χ4n) is 1.05. The Bertz CT molecular complexity index is 261. The van der Waals surface area contributed by atoms with E-state index in [-0.39, 0.29) is 0 Å². The first-order valence-corrected chi connectivity index (χ1v) is 3.92. The summed E-state index contributed by atoms with van der Waals surface area (Å²) in [5.41, 5.74) is 0.850. The lowest BCUT2D eigenvalue weighted by Crippen LogP contribution is -1.97. The molecule has 0 aliphatic carbocycles. The molecule has 66 valence electrons. The van der Waals surface area contributed by atoms with E-state index in [2.05, 4.69) is 4.98 Å². The molecule has 0 unspecified atom stereocenters. The first-order valence-electron chi connectivity index (χ1n) is 3.92. The molecule has 1 aromatic heterocycles. The van der Waals surface area contributed by atoms with Gasteiger partial charge >= 0.3 is 0 Å². The highest BCUT2D eigenvalue weighted by molar-refractivity contribution is 5.41. The van der Waals surface area contributed by atoms with E-state index >= 15 is 0 Å². The molecule has 0 radical (unpaired) electrons. The first kappa shape index (κ1) is 8.84. The molecule has 0 N–H and O–H groups in total. The fraction of sp³-hybridized carbons (Fsp3) is 0.444. The van der Waals surface area contributed by atoms with Gasteiger partial charge < -0.3 is 9.47 Å². The van der Waals surface area contributed by atoms with Crippen LogP contribution in [-0.2, 0) is 0 Å². The Labute approximate surface area is 72.3 Å². The maximum Gasteiger partial charge on any atom is 0.182 e. The van der Waals surface area contributed by atoms with Crippen molar-refractivity contribution in [1.29, 1.82) is 0 Å². The fourth-order valence-corrected chi connectivity index (χ4v) is 1.05. The molecular formula is C9H13NO2. The van der Waals surface area contributed by atoms with Crippen molar-refractivity contribution in [3.05, 3.63) is 18.0 Å². The zero-order valence-corrected chi connectivity index (χ0v) is 7.63. The Morgan fingerprint density at radius 2 is 2.25 bits per heavy atom. The summed E-state index contributed by atoms with van der Waals surface area (Å²) in [5.74, 6) is 1.48. The van der Waals surface area contributed by atoms with Gasteiger partial charge in [0.15, 0.2) is 11.5 Å². The van der Waals surface area contributed by atoms with E-state index < -0.39 is 0 Å². The normalized spacial score (nSPS) is 9.58. The zero-order chi connectivity index (χ0) is 8.97. The highest BCUT2D eigenvalue weighted by Crippen LogP contribution is 2.28. The van der Waals surface area contributed by atoms with E-state index in [1.165, 1.54) is 0 Å². The molecule has 12 heavy (non-hydrogen) atoms. The van der Waals surface area contributed by atoms with Crippen LogP contribution in [-0.4, -0.2) is 18.7 Å². The molecule has 3 heteroatoms. The minimum atomic E-state index is 0.639. The van der Waals surface area contributed by atoms with Gasteiger partial charge in [-0.1, -0.05) is 0 Å². The Hall–Kier alpha value is -1.25. The van der Waals surface area contributed by atoms with Crippen molar-refractivity contribution in [3.8, 4) is 11.5 Å². The van der Waals surface area contributed by atoms with Gasteiger partial charge in [-0.15, -0.1) is 0 Å². The Morgan fingerprint density at radius 1 is 1.50 bits per heavy atom. The molecule has 0 amide bonds. The molecule has 0 fully saturated rings. The van der Waals surface area contributed by atoms with Gasteiger partial charge in [0.1, 0.15) is 0 Å². The van der Waals surface area contributed by atoms with E-state index in [9.17, 15) is 0 Å². The van der Waals surface area contributed by atoms with Crippen LogP contribution in [0.5, 0.6) is 11.5 Å². The number of ether oxygens (including phenoxy) is 2. The van der Waals surface area contributed by atoms with E-state index in [1.54, 1.807) is 19.4 Å². The lowest BCUT2D eigenvalue weighted by Gasteiger charge is -2.09. The summed E-state index contributed by atoms with van der Waals surface area (Å²) in [4.78, 5) is 4.09. The van der Waals surface area contributed by atoms with Crippen LogP contribution in [0.15, 0.2) is 12.3 Å². The third-order valence-electron chi connectivity index (χ3n) is 1.55. The minimum absolute atomic E-state index is 0.639. The summed E-state index contributed by atoms with van der Waals surface area (Å²) in [5, 5.41) is 0. The van der Waals surface area contributed by atoms with Gasteiger partial charge in [-0.25, -0.2) is 0 Å². The van der Waals surface area contributed by atoms with Crippen LogP contribution in [0.3, 0.4) is 0 Å². The van der Waals surface area contributed by atoms with Gasteiger partial charge in [0.25, 0.3) is 0 Å². The molecule has 0 saturated carbocycles. The van der Waals surface area contributed by atoms with Crippen molar-refractivity contribution in [2.24, 2.45) is 0 Å². The summed E-state index contributed by atoms with van der Waals surface area (Å²) < 4.78 is 10.5. The summed E-state index contributed by atoms with van der Waals surface area (Å²) in [6.45, 7) is 4.47.